The van der Waals surface area contributed by atoms with Gasteiger partial charge in [0.1, 0.15) is 0 Å². The number of likely N-dealkylation sites (tertiary alicyclic amines) is 1. The second-order valence-electron chi connectivity index (χ2n) is 9.35. The zero-order valence-electron chi connectivity index (χ0n) is 19.8. The molecular weight excluding hydrogens is 466 g/mol. The van der Waals surface area contributed by atoms with Crippen LogP contribution in [0.25, 0.3) is 0 Å². The Balaban J connectivity index is 1.47. The summed E-state index contributed by atoms with van der Waals surface area (Å²) < 4.78 is 64.1. The van der Waals surface area contributed by atoms with Gasteiger partial charge in [-0.25, -0.2) is 9.18 Å². The molecule has 190 valence electrons. The molecule has 0 spiro atoms. The average Bonchev–Trinajstić information content (AvgIpc) is 3.15. The van der Waals surface area contributed by atoms with Crippen molar-refractivity contribution in [3.63, 3.8) is 0 Å². The molecule has 2 fully saturated rings. The summed E-state index contributed by atoms with van der Waals surface area (Å²) in [4.78, 5) is 14.8. The van der Waals surface area contributed by atoms with Gasteiger partial charge >= 0.3 is 12.2 Å². The lowest BCUT2D eigenvalue weighted by molar-refractivity contribution is -0.139. The number of carbonyl (C=O) groups is 1. The van der Waals surface area contributed by atoms with Crippen LogP contribution in [0.4, 0.5) is 28.0 Å². The van der Waals surface area contributed by atoms with Gasteiger partial charge < -0.3 is 25.0 Å². The molecule has 1 aliphatic carbocycles. The fraction of sp³-hybridized carbons (Fsp3) is 0.480. The van der Waals surface area contributed by atoms with Crippen LogP contribution < -0.4 is 20.1 Å². The van der Waals surface area contributed by atoms with E-state index in [0.29, 0.717) is 30.4 Å². The van der Waals surface area contributed by atoms with Crippen molar-refractivity contribution < 1.29 is 31.8 Å². The van der Waals surface area contributed by atoms with Gasteiger partial charge in [0, 0.05) is 24.5 Å². The van der Waals surface area contributed by atoms with Crippen LogP contribution in [0.2, 0.25) is 0 Å². The zero-order valence-corrected chi connectivity index (χ0v) is 19.8. The Labute approximate surface area is 201 Å². The second kappa shape index (κ2) is 9.56. The molecule has 0 radical (unpaired) electrons. The Bertz CT molecular complexity index is 1090. The minimum absolute atomic E-state index is 0.115. The number of amides is 2. The summed E-state index contributed by atoms with van der Waals surface area (Å²) in [5, 5.41) is 5.07. The van der Waals surface area contributed by atoms with Crippen molar-refractivity contribution >= 4 is 11.7 Å². The molecule has 3 atom stereocenters. The fourth-order valence-electron chi connectivity index (χ4n) is 5.64. The van der Waals surface area contributed by atoms with Crippen LogP contribution in [0.5, 0.6) is 11.5 Å². The Morgan fingerprint density at radius 1 is 1.14 bits per heavy atom. The first-order valence-corrected chi connectivity index (χ1v) is 11.4. The van der Waals surface area contributed by atoms with Crippen molar-refractivity contribution in [2.24, 2.45) is 5.92 Å². The number of fused-ring (bicyclic) bond motifs is 1. The standard InChI is InChI=1S/C25H29F4N3O3/c1-32-13-16-11-17(30-23(33)31-19-6-4-5-18(22(19)26)25(27,28)29)9-10-24(16,14-32)15-7-8-20(34-2)21(12-15)35-3/h4-8,12,16-17H,9-11,13-14H2,1-3H3,(H2,30,31,33)/t16-,17+,24-/m1/s1. The minimum atomic E-state index is -4.84. The van der Waals surface area contributed by atoms with Crippen molar-refractivity contribution in [3.05, 3.63) is 53.3 Å². The third-order valence-corrected chi connectivity index (χ3v) is 7.22. The third kappa shape index (κ3) is 4.89. The lowest BCUT2D eigenvalue weighted by Gasteiger charge is -2.42. The van der Waals surface area contributed by atoms with Gasteiger partial charge in [0.2, 0.25) is 0 Å². The number of rotatable bonds is 5. The van der Waals surface area contributed by atoms with Gasteiger partial charge in [-0.2, -0.15) is 13.2 Å². The van der Waals surface area contributed by atoms with Gasteiger partial charge in [0.15, 0.2) is 17.3 Å². The molecular formula is C25H29F4N3O3. The van der Waals surface area contributed by atoms with Gasteiger partial charge in [-0.3, -0.25) is 0 Å². The Morgan fingerprint density at radius 2 is 1.89 bits per heavy atom. The van der Waals surface area contributed by atoms with Gasteiger partial charge in [0.25, 0.3) is 0 Å². The number of alkyl halides is 3. The van der Waals surface area contributed by atoms with E-state index in [1.165, 1.54) is 0 Å². The molecule has 4 rings (SSSR count). The van der Waals surface area contributed by atoms with Crippen molar-refractivity contribution in [1.29, 1.82) is 0 Å². The molecule has 2 aromatic rings. The predicted octanol–water partition coefficient (Wildman–Crippen LogP) is 5.04. The number of nitrogens with zero attached hydrogens (tertiary/aromatic N) is 1. The van der Waals surface area contributed by atoms with Gasteiger partial charge in [-0.05, 0) is 62.1 Å². The highest BCUT2D eigenvalue weighted by molar-refractivity contribution is 5.89. The first-order chi connectivity index (χ1) is 16.6. The molecule has 1 aliphatic heterocycles. The van der Waals surface area contributed by atoms with E-state index < -0.39 is 29.3 Å². The van der Waals surface area contributed by atoms with Crippen molar-refractivity contribution in [2.45, 2.75) is 36.9 Å². The van der Waals surface area contributed by atoms with Crippen LogP contribution in [0.3, 0.4) is 0 Å². The summed E-state index contributed by atoms with van der Waals surface area (Å²) in [5.74, 6) is 0.0680. The maximum absolute atomic E-state index is 14.3. The van der Waals surface area contributed by atoms with E-state index in [9.17, 15) is 22.4 Å². The van der Waals surface area contributed by atoms with Crippen LogP contribution >= 0.6 is 0 Å². The van der Waals surface area contributed by atoms with E-state index >= 15 is 0 Å². The number of likely N-dealkylation sites (N-methyl/N-ethyl adjacent to an activating group) is 1. The van der Waals surface area contributed by atoms with Gasteiger partial charge in [-0.15, -0.1) is 0 Å². The first-order valence-electron chi connectivity index (χ1n) is 11.4. The van der Waals surface area contributed by atoms with E-state index in [1.807, 2.05) is 12.1 Å². The van der Waals surface area contributed by atoms with Crippen molar-refractivity contribution in [2.75, 3.05) is 39.7 Å². The number of hydrogen-bond donors (Lipinski definition) is 2. The smallest absolute Gasteiger partial charge is 0.419 e. The lowest BCUT2D eigenvalue weighted by Crippen LogP contribution is -2.48. The first kappa shape index (κ1) is 25.1. The lowest BCUT2D eigenvalue weighted by atomic mass is 9.63. The predicted molar refractivity (Wildman–Crippen MR) is 123 cm³/mol. The molecule has 2 aromatic carbocycles. The second-order valence-corrected chi connectivity index (χ2v) is 9.35. The van der Waals surface area contributed by atoms with E-state index in [-0.39, 0.29) is 17.4 Å². The number of methoxy groups -OCH3 is 2. The summed E-state index contributed by atoms with van der Waals surface area (Å²) in [5.41, 5.74) is -0.885. The van der Waals surface area contributed by atoms with Crippen LogP contribution in [0, 0.1) is 11.7 Å². The average molecular weight is 496 g/mol. The third-order valence-electron chi connectivity index (χ3n) is 7.22. The number of halogens is 4. The summed E-state index contributed by atoms with van der Waals surface area (Å²) in [7, 11) is 5.26. The van der Waals surface area contributed by atoms with Gasteiger partial charge in [0.05, 0.1) is 25.5 Å². The molecule has 0 aromatic heterocycles. The maximum atomic E-state index is 14.3. The summed E-state index contributed by atoms with van der Waals surface area (Å²) in [6.45, 7) is 1.71. The molecule has 1 saturated carbocycles. The molecule has 0 unspecified atom stereocenters. The maximum Gasteiger partial charge on any atom is 0.419 e. The largest absolute Gasteiger partial charge is 0.493 e. The Hall–Kier alpha value is -3.01. The van der Waals surface area contributed by atoms with E-state index in [4.69, 9.17) is 9.47 Å². The molecule has 1 heterocycles. The zero-order chi connectivity index (χ0) is 25.4. The quantitative estimate of drug-likeness (QED) is 0.571. The minimum Gasteiger partial charge on any atom is -0.493 e. The van der Waals surface area contributed by atoms with Crippen LogP contribution in [0.15, 0.2) is 36.4 Å². The summed E-state index contributed by atoms with van der Waals surface area (Å²) in [6.07, 6.45) is -2.67. The van der Waals surface area contributed by atoms with Crippen LogP contribution in [-0.4, -0.2) is 51.3 Å². The highest BCUT2D eigenvalue weighted by Crippen LogP contribution is 2.49. The van der Waals surface area contributed by atoms with E-state index in [2.05, 4.69) is 28.6 Å². The molecule has 35 heavy (non-hydrogen) atoms. The Morgan fingerprint density at radius 3 is 2.57 bits per heavy atom. The van der Waals surface area contributed by atoms with Crippen LogP contribution in [0.1, 0.15) is 30.4 Å². The topological polar surface area (TPSA) is 62.8 Å². The Kier molecular flexibility index (Phi) is 6.86. The van der Waals surface area contributed by atoms with Crippen molar-refractivity contribution in [3.8, 4) is 11.5 Å². The molecule has 2 aliphatic rings. The fourth-order valence-corrected chi connectivity index (χ4v) is 5.64. The number of ether oxygens (including phenoxy) is 2. The van der Waals surface area contributed by atoms with Crippen LogP contribution in [-0.2, 0) is 11.6 Å². The molecule has 10 heteroatoms. The van der Waals surface area contributed by atoms with Gasteiger partial charge in [-0.1, -0.05) is 12.1 Å². The number of urea groups is 1. The normalized spacial score (nSPS) is 24.5. The molecule has 1 saturated heterocycles. The summed E-state index contributed by atoms with van der Waals surface area (Å²) >= 11 is 0. The number of hydrogen-bond acceptors (Lipinski definition) is 4. The highest BCUT2D eigenvalue weighted by Gasteiger charge is 2.50. The van der Waals surface area contributed by atoms with E-state index in [1.54, 1.807) is 14.2 Å². The SMILES string of the molecule is COc1ccc([C@]23CC[C@H](NC(=O)Nc4cccc(C(F)(F)F)c4F)C[C@@H]2CN(C)C3)cc1OC. The van der Waals surface area contributed by atoms with Crippen molar-refractivity contribution in [1.82, 2.24) is 10.2 Å². The molecule has 2 amide bonds. The number of anilines is 1. The summed E-state index contributed by atoms with van der Waals surface area (Å²) in [6, 6.07) is 7.88. The number of carbonyl (C=O) groups excluding carboxylic acids is 1. The highest BCUT2D eigenvalue weighted by atomic mass is 19.4. The number of nitrogens with one attached hydrogen (secondary N) is 2. The van der Waals surface area contributed by atoms with E-state index in [0.717, 1.165) is 37.2 Å². The molecule has 0 bridgehead atoms. The number of benzene rings is 2. The molecule has 6 nitrogen and oxygen atoms in total. The molecule has 2 N–H and O–H groups in total. The monoisotopic (exact) mass is 495 g/mol.